The number of nitrogens with zero attached hydrogens (tertiary/aromatic N) is 1. The van der Waals surface area contributed by atoms with Gasteiger partial charge in [-0.2, -0.15) is 0 Å². The second-order valence-electron chi connectivity index (χ2n) is 5.72. The molecule has 1 fully saturated rings. The predicted molar refractivity (Wildman–Crippen MR) is 79.8 cm³/mol. The van der Waals surface area contributed by atoms with Crippen LogP contribution >= 0.6 is 0 Å². The number of halogens is 1. The lowest BCUT2D eigenvalue weighted by Gasteiger charge is -2.27. The first-order chi connectivity index (χ1) is 9.95. The van der Waals surface area contributed by atoms with Crippen molar-refractivity contribution in [2.75, 3.05) is 14.2 Å². The molecule has 0 heterocycles. The highest BCUT2D eigenvalue weighted by Crippen LogP contribution is 2.35. The van der Waals surface area contributed by atoms with Crippen molar-refractivity contribution in [3.8, 4) is 5.75 Å². The lowest BCUT2D eigenvalue weighted by Crippen LogP contribution is -2.44. The van der Waals surface area contributed by atoms with E-state index in [2.05, 4.69) is 5.32 Å². The second kappa shape index (κ2) is 6.33. The van der Waals surface area contributed by atoms with Crippen molar-refractivity contribution >= 4 is 6.03 Å². The number of carbonyl (C=O) groups excluding carboxylic acids is 1. The zero-order chi connectivity index (χ0) is 15.6. The highest BCUT2D eigenvalue weighted by molar-refractivity contribution is 5.75. The van der Waals surface area contributed by atoms with Gasteiger partial charge in [0.25, 0.3) is 0 Å². The molecule has 2 rings (SSSR count). The van der Waals surface area contributed by atoms with E-state index in [0.29, 0.717) is 17.2 Å². The molecule has 1 aromatic rings. The zero-order valence-corrected chi connectivity index (χ0v) is 13.0. The van der Waals surface area contributed by atoms with Crippen LogP contribution in [0.5, 0.6) is 5.75 Å². The number of methoxy groups -OCH3 is 1. The molecule has 116 valence electrons. The lowest BCUT2D eigenvalue weighted by atomic mass is 10.1. The van der Waals surface area contributed by atoms with E-state index < -0.39 is 6.04 Å². The monoisotopic (exact) mass is 294 g/mol. The van der Waals surface area contributed by atoms with Crippen LogP contribution in [0.2, 0.25) is 0 Å². The maximum atomic E-state index is 14.0. The standard InChI is InChI=1S/C16H23FN2O2/c1-10(15-13(17)6-5-7-14(15)21-4)18-16(20)19(3)11(2)12-8-9-12/h5-7,10-12H,8-9H2,1-4H3,(H,18,20)/t10-,11-/m0/s1. The first-order valence-corrected chi connectivity index (χ1v) is 7.31. The van der Waals surface area contributed by atoms with E-state index in [9.17, 15) is 9.18 Å². The van der Waals surface area contributed by atoms with Gasteiger partial charge in [0, 0.05) is 13.1 Å². The first kappa shape index (κ1) is 15.6. The average molecular weight is 294 g/mol. The molecule has 21 heavy (non-hydrogen) atoms. The van der Waals surface area contributed by atoms with E-state index in [0.717, 1.165) is 0 Å². The van der Waals surface area contributed by atoms with Crippen molar-refractivity contribution in [1.29, 1.82) is 0 Å². The summed E-state index contributed by atoms with van der Waals surface area (Å²) in [5.74, 6) is 0.666. The molecule has 0 aliphatic heterocycles. The van der Waals surface area contributed by atoms with Crippen molar-refractivity contribution in [1.82, 2.24) is 10.2 Å². The van der Waals surface area contributed by atoms with Crippen LogP contribution in [0.15, 0.2) is 18.2 Å². The van der Waals surface area contributed by atoms with Crippen molar-refractivity contribution in [3.63, 3.8) is 0 Å². The minimum absolute atomic E-state index is 0.188. The fourth-order valence-electron chi connectivity index (χ4n) is 2.55. The van der Waals surface area contributed by atoms with Crippen LogP contribution in [0, 0.1) is 11.7 Å². The SMILES string of the molecule is COc1cccc(F)c1[C@H](C)NC(=O)N(C)[C@@H](C)C1CC1. The summed E-state index contributed by atoms with van der Waals surface area (Å²) < 4.78 is 19.2. The van der Waals surface area contributed by atoms with Gasteiger partial charge in [-0.05, 0) is 44.7 Å². The van der Waals surface area contributed by atoms with E-state index in [4.69, 9.17) is 4.74 Å². The molecule has 0 saturated heterocycles. The largest absolute Gasteiger partial charge is 0.496 e. The molecular formula is C16H23FN2O2. The van der Waals surface area contributed by atoms with Crippen LogP contribution in [-0.4, -0.2) is 31.1 Å². The Morgan fingerprint density at radius 2 is 2.10 bits per heavy atom. The van der Waals surface area contributed by atoms with Crippen LogP contribution in [0.4, 0.5) is 9.18 Å². The average Bonchev–Trinajstić information content (AvgIpc) is 3.29. The molecule has 0 radical (unpaired) electrons. The summed E-state index contributed by atoms with van der Waals surface area (Å²) >= 11 is 0. The Kier molecular flexibility index (Phi) is 4.70. The molecule has 4 nitrogen and oxygen atoms in total. The van der Waals surface area contributed by atoms with E-state index in [1.807, 2.05) is 6.92 Å². The number of benzene rings is 1. The molecule has 2 amide bonds. The Morgan fingerprint density at radius 3 is 2.67 bits per heavy atom. The first-order valence-electron chi connectivity index (χ1n) is 7.31. The van der Waals surface area contributed by atoms with Crippen molar-refractivity contribution in [3.05, 3.63) is 29.6 Å². The van der Waals surface area contributed by atoms with E-state index in [1.165, 1.54) is 26.0 Å². The predicted octanol–water partition coefficient (Wildman–Crippen LogP) is 3.34. The Hall–Kier alpha value is -1.78. The molecule has 1 aliphatic carbocycles. The van der Waals surface area contributed by atoms with Gasteiger partial charge in [0.15, 0.2) is 0 Å². The van der Waals surface area contributed by atoms with Crippen LogP contribution in [-0.2, 0) is 0 Å². The number of carbonyl (C=O) groups is 1. The number of urea groups is 1. The number of amides is 2. The van der Waals surface area contributed by atoms with Gasteiger partial charge in [0.05, 0.1) is 18.7 Å². The summed E-state index contributed by atoms with van der Waals surface area (Å²) in [6.45, 7) is 3.81. The highest BCUT2D eigenvalue weighted by atomic mass is 19.1. The van der Waals surface area contributed by atoms with Gasteiger partial charge >= 0.3 is 6.03 Å². The van der Waals surface area contributed by atoms with Crippen LogP contribution in [0.25, 0.3) is 0 Å². The Balaban J connectivity index is 2.07. The van der Waals surface area contributed by atoms with Gasteiger partial charge in [-0.3, -0.25) is 0 Å². The minimum Gasteiger partial charge on any atom is -0.496 e. The van der Waals surface area contributed by atoms with Gasteiger partial charge in [0.2, 0.25) is 0 Å². The normalized spacial score (nSPS) is 17.0. The van der Waals surface area contributed by atoms with Crippen LogP contribution in [0.1, 0.15) is 38.3 Å². The summed E-state index contributed by atoms with van der Waals surface area (Å²) in [5, 5.41) is 2.84. The molecule has 1 aliphatic rings. The molecule has 0 aromatic heterocycles. The fraction of sp³-hybridized carbons (Fsp3) is 0.562. The van der Waals surface area contributed by atoms with Gasteiger partial charge in [-0.1, -0.05) is 6.07 Å². The van der Waals surface area contributed by atoms with Gasteiger partial charge < -0.3 is 15.0 Å². The number of rotatable bonds is 5. The second-order valence-corrected chi connectivity index (χ2v) is 5.72. The quantitative estimate of drug-likeness (QED) is 0.905. The number of ether oxygens (including phenoxy) is 1. The summed E-state index contributed by atoms with van der Waals surface area (Å²) in [7, 11) is 3.28. The zero-order valence-electron chi connectivity index (χ0n) is 13.0. The van der Waals surface area contributed by atoms with E-state index in [1.54, 1.807) is 31.0 Å². The number of hydrogen-bond donors (Lipinski definition) is 1. The third kappa shape index (κ3) is 3.46. The molecule has 0 spiro atoms. The third-order valence-corrected chi connectivity index (χ3v) is 4.24. The molecular weight excluding hydrogens is 271 g/mol. The number of nitrogens with one attached hydrogen (secondary N) is 1. The summed E-state index contributed by atoms with van der Waals surface area (Å²) in [6, 6.07) is 4.22. The Bertz CT molecular complexity index is 517. The van der Waals surface area contributed by atoms with Crippen molar-refractivity contribution < 1.29 is 13.9 Å². The number of hydrogen-bond acceptors (Lipinski definition) is 2. The molecule has 2 atom stereocenters. The Morgan fingerprint density at radius 1 is 1.43 bits per heavy atom. The summed E-state index contributed by atoms with van der Waals surface area (Å²) in [6.07, 6.45) is 2.35. The topological polar surface area (TPSA) is 41.6 Å². The van der Waals surface area contributed by atoms with E-state index >= 15 is 0 Å². The van der Waals surface area contributed by atoms with Gasteiger partial charge in [0.1, 0.15) is 11.6 Å². The molecule has 0 bridgehead atoms. The van der Waals surface area contributed by atoms with Gasteiger partial charge in [-0.25, -0.2) is 9.18 Å². The molecule has 1 aromatic carbocycles. The molecule has 5 heteroatoms. The smallest absolute Gasteiger partial charge is 0.317 e. The molecule has 1 N–H and O–H groups in total. The minimum atomic E-state index is -0.456. The lowest BCUT2D eigenvalue weighted by molar-refractivity contribution is 0.184. The third-order valence-electron chi connectivity index (χ3n) is 4.24. The fourth-order valence-corrected chi connectivity index (χ4v) is 2.55. The van der Waals surface area contributed by atoms with Crippen molar-refractivity contribution in [2.24, 2.45) is 5.92 Å². The van der Waals surface area contributed by atoms with Crippen molar-refractivity contribution in [2.45, 2.75) is 38.8 Å². The van der Waals surface area contributed by atoms with Crippen LogP contribution < -0.4 is 10.1 Å². The summed E-state index contributed by atoms with van der Waals surface area (Å²) in [5.41, 5.74) is 0.376. The van der Waals surface area contributed by atoms with Gasteiger partial charge in [-0.15, -0.1) is 0 Å². The maximum absolute atomic E-state index is 14.0. The highest BCUT2D eigenvalue weighted by Gasteiger charge is 2.33. The van der Waals surface area contributed by atoms with E-state index in [-0.39, 0.29) is 17.9 Å². The maximum Gasteiger partial charge on any atom is 0.317 e. The summed E-state index contributed by atoms with van der Waals surface area (Å²) in [4.78, 5) is 14.0. The Labute approximate surface area is 125 Å². The van der Waals surface area contributed by atoms with Crippen LogP contribution in [0.3, 0.4) is 0 Å². The molecule has 1 saturated carbocycles. The molecule has 0 unspecified atom stereocenters.